The molecule has 1 atom stereocenters. The summed E-state index contributed by atoms with van der Waals surface area (Å²) in [6, 6.07) is 7.31. The number of hydrogen-bond donors (Lipinski definition) is 1. The molecule has 3 heterocycles. The van der Waals surface area contributed by atoms with Crippen LogP contribution in [0.4, 0.5) is 11.5 Å². The molecule has 0 aliphatic carbocycles. The number of nitrogens with zero attached hydrogens (tertiary/aromatic N) is 4. The number of hydrogen-bond acceptors (Lipinski definition) is 6. The molecule has 1 fully saturated rings. The fraction of sp³-hybridized carbons (Fsp3) is 0.524. The Morgan fingerprint density at radius 1 is 1.22 bits per heavy atom. The highest BCUT2D eigenvalue weighted by Crippen LogP contribution is 2.30. The van der Waals surface area contributed by atoms with Crippen LogP contribution in [0.5, 0.6) is 6.01 Å². The van der Waals surface area contributed by atoms with E-state index in [1.54, 1.807) is 0 Å². The molecule has 27 heavy (non-hydrogen) atoms. The SMILES string of the molecule is Cc1cccc(N2CCc3c(N)nc(OC[C@@H]4CCCN4C)nc3C2)c1C. The van der Waals surface area contributed by atoms with Crippen LogP contribution < -0.4 is 15.4 Å². The molecule has 6 nitrogen and oxygen atoms in total. The lowest BCUT2D eigenvalue weighted by atomic mass is 10.0. The number of ether oxygens (including phenoxy) is 1. The number of likely N-dealkylation sites (N-methyl/N-ethyl adjacent to an activating group) is 1. The first-order valence-electron chi connectivity index (χ1n) is 9.82. The molecule has 0 unspecified atom stereocenters. The molecule has 2 aliphatic heterocycles. The molecule has 2 N–H and O–H groups in total. The average molecular weight is 367 g/mol. The van der Waals surface area contributed by atoms with Crippen molar-refractivity contribution < 1.29 is 4.74 Å². The predicted octanol–water partition coefficient (Wildman–Crippen LogP) is 2.71. The molecule has 0 spiro atoms. The van der Waals surface area contributed by atoms with Gasteiger partial charge >= 0.3 is 6.01 Å². The molecule has 2 aliphatic rings. The van der Waals surface area contributed by atoms with Gasteiger partial charge in [0.1, 0.15) is 12.4 Å². The zero-order valence-electron chi connectivity index (χ0n) is 16.5. The van der Waals surface area contributed by atoms with E-state index in [0.717, 1.165) is 43.7 Å². The van der Waals surface area contributed by atoms with Gasteiger partial charge in [-0.1, -0.05) is 12.1 Å². The maximum Gasteiger partial charge on any atom is 0.318 e. The number of benzene rings is 1. The largest absolute Gasteiger partial charge is 0.462 e. The van der Waals surface area contributed by atoms with Gasteiger partial charge in [0.2, 0.25) is 0 Å². The summed E-state index contributed by atoms with van der Waals surface area (Å²) in [6.07, 6.45) is 3.25. The van der Waals surface area contributed by atoms with Crippen LogP contribution in [0, 0.1) is 13.8 Å². The summed E-state index contributed by atoms with van der Waals surface area (Å²) in [6.45, 7) is 7.76. The molecule has 0 saturated carbocycles. The minimum atomic E-state index is 0.411. The van der Waals surface area contributed by atoms with Gasteiger partial charge in [0.05, 0.1) is 12.2 Å². The lowest BCUT2D eigenvalue weighted by Crippen LogP contribution is -2.33. The van der Waals surface area contributed by atoms with Crippen molar-refractivity contribution in [3.05, 3.63) is 40.6 Å². The van der Waals surface area contributed by atoms with Gasteiger partial charge in [-0.2, -0.15) is 9.97 Å². The van der Waals surface area contributed by atoms with Crippen molar-refractivity contribution >= 4 is 11.5 Å². The van der Waals surface area contributed by atoms with Crippen molar-refractivity contribution in [3.63, 3.8) is 0 Å². The smallest absolute Gasteiger partial charge is 0.318 e. The zero-order valence-corrected chi connectivity index (χ0v) is 16.5. The van der Waals surface area contributed by atoms with Crippen molar-refractivity contribution in [2.45, 2.75) is 45.7 Å². The number of likely N-dealkylation sites (tertiary alicyclic amines) is 1. The summed E-state index contributed by atoms with van der Waals surface area (Å²) in [5.74, 6) is 0.565. The molecule has 0 bridgehead atoms. The second-order valence-corrected chi connectivity index (χ2v) is 7.79. The molecule has 1 saturated heterocycles. The van der Waals surface area contributed by atoms with Gasteiger partial charge < -0.3 is 20.3 Å². The van der Waals surface area contributed by atoms with Crippen molar-refractivity contribution in [2.75, 3.05) is 37.4 Å². The Balaban J connectivity index is 1.53. The summed E-state index contributed by atoms with van der Waals surface area (Å²) in [5.41, 5.74) is 12.2. The van der Waals surface area contributed by atoms with Crippen LogP contribution in [0.25, 0.3) is 0 Å². The van der Waals surface area contributed by atoms with Gasteiger partial charge in [-0.15, -0.1) is 0 Å². The van der Waals surface area contributed by atoms with E-state index in [1.807, 2.05) is 0 Å². The van der Waals surface area contributed by atoms with Crippen LogP contribution in [-0.4, -0.2) is 47.7 Å². The standard InChI is InChI=1S/C21H29N5O/c1-14-6-4-8-19(15(14)2)26-11-9-17-18(12-26)23-21(24-20(17)22)27-13-16-7-5-10-25(16)3/h4,6,8,16H,5,7,9-13H2,1-3H3,(H2,22,23,24)/t16-/m0/s1. The van der Waals surface area contributed by atoms with E-state index in [1.165, 1.54) is 23.2 Å². The molecule has 0 amide bonds. The molecule has 0 radical (unpaired) electrons. The molecule has 4 rings (SSSR count). The first kappa shape index (κ1) is 18.0. The maximum absolute atomic E-state index is 6.23. The summed E-state index contributed by atoms with van der Waals surface area (Å²) in [5, 5.41) is 0. The third kappa shape index (κ3) is 3.58. The highest BCUT2D eigenvalue weighted by molar-refractivity contribution is 5.58. The Morgan fingerprint density at radius 2 is 2.07 bits per heavy atom. The lowest BCUT2D eigenvalue weighted by molar-refractivity contribution is 0.187. The Bertz CT molecular complexity index is 838. The van der Waals surface area contributed by atoms with E-state index in [9.17, 15) is 0 Å². The highest BCUT2D eigenvalue weighted by atomic mass is 16.5. The van der Waals surface area contributed by atoms with Crippen molar-refractivity contribution in [3.8, 4) is 6.01 Å². The molecular weight excluding hydrogens is 338 g/mol. The Kier molecular flexibility index (Phi) is 4.91. The van der Waals surface area contributed by atoms with Gasteiger partial charge in [0, 0.05) is 23.8 Å². The van der Waals surface area contributed by atoms with Crippen LogP contribution in [0.1, 0.15) is 35.2 Å². The molecule has 6 heteroatoms. The van der Waals surface area contributed by atoms with E-state index in [-0.39, 0.29) is 0 Å². The van der Waals surface area contributed by atoms with Gasteiger partial charge in [0.15, 0.2) is 0 Å². The normalized spacial score (nSPS) is 20.0. The summed E-state index contributed by atoms with van der Waals surface area (Å²) in [7, 11) is 2.14. The van der Waals surface area contributed by atoms with Crippen LogP contribution in [-0.2, 0) is 13.0 Å². The fourth-order valence-corrected chi connectivity index (χ4v) is 4.14. The molecule has 144 valence electrons. The minimum absolute atomic E-state index is 0.411. The minimum Gasteiger partial charge on any atom is -0.462 e. The summed E-state index contributed by atoms with van der Waals surface area (Å²) in [4.78, 5) is 13.8. The highest BCUT2D eigenvalue weighted by Gasteiger charge is 2.25. The van der Waals surface area contributed by atoms with E-state index in [0.29, 0.717) is 24.5 Å². The van der Waals surface area contributed by atoms with Crippen LogP contribution in [0.2, 0.25) is 0 Å². The van der Waals surface area contributed by atoms with Crippen molar-refractivity contribution in [1.29, 1.82) is 0 Å². The number of rotatable bonds is 4. The van der Waals surface area contributed by atoms with E-state index < -0.39 is 0 Å². The number of nitrogen functional groups attached to an aromatic ring is 1. The third-order valence-electron chi connectivity index (χ3n) is 6.07. The van der Waals surface area contributed by atoms with Crippen molar-refractivity contribution in [1.82, 2.24) is 14.9 Å². The molecule has 1 aromatic carbocycles. The predicted molar refractivity (Wildman–Crippen MR) is 108 cm³/mol. The second kappa shape index (κ2) is 7.35. The molecular formula is C21H29N5O. The first-order chi connectivity index (χ1) is 13.0. The van der Waals surface area contributed by atoms with Gasteiger partial charge in [0.25, 0.3) is 0 Å². The Labute approximate surface area is 161 Å². The number of anilines is 2. The Hall–Kier alpha value is -2.34. The second-order valence-electron chi connectivity index (χ2n) is 7.79. The van der Waals surface area contributed by atoms with Crippen LogP contribution in [0.15, 0.2) is 18.2 Å². The fourth-order valence-electron chi connectivity index (χ4n) is 4.14. The monoisotopic (exact) mass is 367 g/mol. The van der Waals surface area contributed by atoms with Gasteiger partial charge in [-0.25, -0.2) is 0 Å². The number of nitrogens with two attached hydrogens (primary N) is 1. The average Bonchev–Trinajstić information content (AvgIpc) is 3.07. The number of fused-ring (bicyclic) bond motifs is 1. The maximum atomic E-state index is 6.23. The van der Waals surface area contributed by atoms with E-state index in [2.05, 4.69) is 53.9 Å². The number of aromatic nitrogens is 2. The van der Waals surface area contributed by atoms with Crippen LogP contribution >= 0.6 is 0 Å². The van der Waals surface area contributed by atoms with Gasteiger partial charge in [-0.3, -0.25) is 0 Å². The Morgan fingerprint density at radius 3 is 2.85 bits per heavy atom. The first-order valence-corrected chi connectivity index (χ1v) is 9.82. The number of aryl methyl sites for hydroxylation is 1. The van der Waals surface area contributed by atoms with Crippen LogP contribution in [0.3, 0.4) is 0 Å². The summed E-state index contributed by atoms with van der Waals surface area (Å²) >= 11 is 0. The van der Waals surface area contributed by atoms with E-state index in [4.69, 9.17) is 15.5 Å². The lowest BCUT2D eigenvalue weighted by Gasteiger charge is -2.32. The third-order valence-corrected chi connectivity index (χ3v) is 6.07. The van der Waals surface area contributed by atoms with Crippen molar-refractivity contribution in [2.24, 2.45) is 0 Å². The topological polar surface area (TPSA) is 67.5 Å². The molecule has 1 aromatic heterocycles. The van der Waals surface area contributed by atoms with E-state index >= 15 is 0 Å². The summed E-state index contributed by atoms with van der Waals surface area (Å²) < 4.78 is 5.93. The molecule has 2 aromatic rings. The van der Waals surface area contributed by atoms with Gasteiger partial charge in [-0.05, 0) is 63.9 Å². The quantitative estimate of drug-likeness (QED) is 0.896. The zero-order chi connectivity index (χ0) is 19.0.